The zero-order chi connectivity index (χ0) is 30.5. The molecular weight excluding hydrogens is 597 g/mol. The summed E-state index contributed by atoms with van der Waals surface area (Å²) in [5.74, 6) is 0. The van der Waals surface area contributed by atoms with Gasteiger partial charge in [-0.3, -0.25) is 0 Å². The first kappa shape index (κ1) is 26.9. The van der Waals surface area contributed by atoms with Gasteiger partial charge in [0.1, 0.15) is 0 Å². The highest BCUT2D eigenvalue weighted by atomic mass is 32.1. The van der Waals surface area contributed by atoms with Crippen LogP contribution in [0.1, 0.15) is 0 Å². The molecular formula is C42H28N2S2. The maximum Gasteiger partial charge on any atom is 0.0476 e. The number of thiophene rings is 2. The first-order valence-electron chi connectivity index (χ1n) is 15.4. The van der Waals surface area contributed by atoms with Crippen molar-refractivity contribution in [2.75, 3.05) is 9.80 Å². The molecule has 218 valence electrons. The predicted octanol–water partition coefficient (Wildman–Crippen LogP) is 13.4. The van der Waals surface area contributed by atoms with E-state index in [2.05, 4.69) is 180 Å². The zero-order valence-corrected chi connectivity index (χ0v) is 26.5. The third kappa shape index (κ3) is 4.62. The van der Waals surface area contributed by atoms with Crippen LogP contribution in [0.25, 0.3) is 40.3 Å². The molecule has 0 aliphatic carbocycles. The molecule has 0 spiro atoms. The molecule has 0 saturated heterocycles. The average Bonchev–Trinajstić information content (AvgIpc) is 3.67. The molecule has 2 aromatic heterocycles. The van der Waals surface area contributed by atoms with Crippen molar-refractivity contribution in [2.45, 2.75) is 0 Å². The van der Waals surface area contributed by atoms with Crippen molar-refractivity contribution in [3.63, 3.8) is 0 Å². The Labute approximate surface area is 275 Å². The second kappa shape index (κ2) is 11.2. The molecule has 46 heavy (non-hydrogen) atoms. The topological polar surface area (TPSA) is 6.48 Å². The summed E-state index contributed by atoms with van der Waals surface area (Å²) in [7, 11) is 0. The normalized spacial score (nSPS) is 11.5. The summed E-state index contributed by atoms with van der Waals surface area (Å²) < 4.78 is 5.19. The van der Waals surface area contributed by atoms with Gasteiger partial charge in [0.25, 0.3) is 0 Å². The highest BCUT2D eigenvalue weighted by molar-refractivity contribution is 7.26. The van der Waals surface area contributed by atoms with Gasteiger partial charge in [-0.2, -0.15) is 0 Å². The van der Waals surface area contributed by atoms with E-state index in [1.54, 1.807) is 0 Å². The molecule has 0 atom stereocenters. The van der Waals surface area contributed by atoms with Gasteiger partial charge >= 0.3 is 0 Å². The Kier molecular flexibility index (Phi) is 6.55. The van der Waals surface area contributed by atoms with Crippen molar-refractivity contribution in [1.82, 2.24) is 0 Å². The molecule has 0 N–H and O–H groups in total. The number of para-hydroxylation sites is 3. The average molecular weight is 625 g/mol. The van der Waals surface area contributed by atoms with Gasteiger partial charge in [-0.1, -0.05) is 84.9 Å². The summed E-state index contributed by atoms with van der Waals surface area (Å²) in [5, 5.41) is 5.19. The monoisotopic (exact) mass is 624 g/mol. The van der Waals surface area contributed by atoms with Gasteiger partial charge in [0.05, 0.1) is 0 Å². The van der Waals surface area contributed by atoms with E-state index in [0.717, 1.165) is 34.1 Å². The van der Waals surface area contributed by atoms with Crippen molar-refractivity contribution in [3.8, 4) is 0 Å². The fourth-order valence-corrected chi connectivity index (χ4v) is 8.77. The molecule has 0 radical (unpaired) electrons. The van der Waals surface area contributed by atoms with Crippen LogP contribution in [0.3, 0.4) is 0 Å². The lowest BCUT2D eigenvalue weighted by atomic mass is 10.1. The summed E-state index contributed by atoms with van der Waals surface area (Å²) in [4.78, 5) is 4.71. The number of anilines is 6. The van der Waals surface area contributed by atoms with Crippen molar-refractivity contribution in [3.05, 3.63) is 170 Å². The van der Waals surface area contributed by atoms with Gasteiger partial charge in [-0.05, 0) is 84.9 Å². The van der Waals surface area contributed by atoms with Crippen molar-refractivity contribution in [1.29, 1.82) is 0 Å². The van der Waals surface area contributed by atoms with Crippen LogP contribution in [-0.4, -0.2) is 0 Å². The molecule has 0 saturated carbocycles. The number of hydrogen-bond donors (Lipinski definition) is 0. The Morgan fingerprint density at radius 3 is 1.22 bits per heavy atom. The fraction of sp³-hybridized carbons (Fsp3) is 0. The van der Waals surface area contributed by atoms with Crippen molar-refractivity contribution in [2.24, 2.45) is 0 Å². The molecule has 9 aromatic rings. The van der Waals surface area contributed by atoms with E-state index in [0.29, 0.717) is 0 Å². The summed E-state index contributed by atoms with van der Waals surface area (Å²) >= 11 is 3.72. The Bertz CT molecular complexity index is 2440. The van der Waals surface area contributed by atoms with E-state index in [-0.39, 0.29) is 0 Å². The molecule has 0 amide bonds. The molecule has 0 aliphatic heterocycles. The minimum atomic E-state index is 1.14. The Morgan fingerprint density at radius 1 is 0.261 bits per heavy atom. The molecule has 0 fully saturated rings. The number of fused-ring (bicyclic) bond motifs is 6. The van der Waals surface area contributed by atoms with Crippen molar-refractivity contribution >= 4 is 97.1 Å². The molecule has 7 aromatic carbocycles. The summed E-state index contributed by atoms with van der Waals surface area (Å²) in [6.45, 7) is 0. The lowest BCUT2D eigenvalue weighted by molar-refractivity contribution is 1.29. The van der Waals surface area contributed by atoms with Gasteiger partial charge in [-0.25, -0.2) is 0 Å². The van der Waals surface area contributed by atoms with Crippen LogP contribution >= 0.6 is 22.7 Å². The van der Waals surface area contributed by atoms with Gasteiger partial charge in [0.2, 0.25) is 0 Å². The third-order valence-electron chi connectivity index (χ3n) is 8.62. The lowest BCUT2D eigenvalue weighted by Gasteiger charge is -2.25. The number of hydrogen-bond acceptors (Lipinski definition) is 4. The van der Waals surface area contributed by atoms with Crippen LogP contribution in [0.15, 0.2) is 170 Å². The smallest absolute Gasteiger partial charge is 0.0476 e. The summed E-state index contributed by atoms with van der Waals surface area (Å²) in [5.41, 5.74) is 6.89. The Balaban J connectivity index is 1.18. The van der Waals surface area contributed by atoms with E-state index >= 15 is 0 Å². The fourth-order valence-electron chi connectivity index (χ4n) is 6.51. The standard InChI is InChI=1S/C42H28N2S2/c1-4-12-29(13-5-1)43(30-14-6-2-7-15-30)33-20-23-36-37-24-21-34(28-42(37)46-41(36)27-33)44(31-16-8-3-9-17-31)32-22-25-40-38(26-32)35-18-10-11-19-39(35)45-40/h1-28H. The minimum Gasteiger partial charge on any atom is -0.310 e. The highest BCUT2D eigenvalue weighted by Gasteiger charge is 2.18. The number of nitrogens with zero attached hydrogens (tertiary/aromatic N) is 2. The van der Waals surface area contributed by atoms with Crippen LogP contribution in [0, 0.1) is 0 Å². The first-order valence-corrected chi connectivity index (χ1v) is 17.1. The number of rotatable bonds is 6. The molecule has 0 aliphatic rings. The highest BCUT2D eigenvalue weighted by Crippen LogP contribution is 2.44. The van der Waals surface area contributed by atoms with Crippen LogP contribution in [0.2, 0.25) is 0 Å². The Hall–Kier alpha value is -5.42. The minimum absolute atomic E-state index is 1.14. The maximum absolute atomic E-state index is 2.38. The number of benzene rings is 7. The molecule has 0 unspecified atom stereocenters. The molecule has 4 heteroatoms. The van der Waals surface area contributed by atoms with E-state index in [9.17, 15) is 0 Å². The summed E-state index contributed by atoms with van der Waals surface area (Å²) in [6.07, 6.45) is 0. The Morgan fingerprint density at radius 2 is 0.652 bits per heavy atom. The third-order valence-corrected chi connectivity index (χ3v) is 10.9. The predicted molar refractivity (Wildman–Crippen MR) is 202 cm³/mol. The molecule has 2 nitrogen and oxygen atoms in total. The molecule has 9 rings (SSSR count). The van der Waals surface area contributed by atoms with Gasteiger partial charge in [0.15, 0.2) is 0 Å². The largest absolute Gasteiger partial charge is 0.310 e. The van der Waals surface area contributed by atoms with Gasteiger partial charge in [-0.15, -0.1) is 22.7 Å². The SMILES string of the molecule is c1ccc(N(c2ccccc2)c2ccc3c(c2)sc2cc(N(c4ccccc4)c4ccc5sc6ccccc6c5c4)ccc23)cc1. The van der Waals surface area contributed by atoms with Crippen LogP contribution in [0.4, 0.5) is 34.1 Å². The molecule has 0 bridgehead atoms. The maximum atomic E-state index is 2.38. The summed E-state index contributed by atoms with van der Waals surface area (Å²) in [6, 6.07) is 61.3. The van der Waals surface area contributed by atoms with E-state index in [4.69, 9.17) is 0 Å². The van der Waals surface area contributed by atoms with E-state index in [1.807, 2.05) is 22.7 Å². The lowest BCUT2D eigenvalue weighted by Crippen LogP contribution is -2.09. The van der Waals surface area contributed by atoms with E-state index < -0.39 is 0 Å². The first-order chi connectivity index (χ1) is 22.8. The molecule has 2 heterocycles. The van der Waals surface area contributed by atoms with Crippen LogP contribution < -0.4 is 9.80 Å². The second-order valence-electron chi connectivity index (χ2n) is 11.4. The second-order valence-corrected chi connectivity index (χ2v) is 13.6. The zero-order valence-electron chi connectivity index (χ0n) is 24.9. The van der Waals surface area contributed by atoms with Gasteiger partial charge in [0, 0.05) is 74.5 Å². The van der Waals surface area contributed by atoms with Crippen LogP contribution in [-0.2, 0) is 0 Å². The van der Waals surface area contributed by atoms with E-state index in [1.165, 1.54) is 40.3 Å². The van der Waals surface area contributed by atoms with Crippen molar-refractivity contribution < 1.29 is 0 Å². The quantitative estimate of drug-likeness (QED) is 0.182. The van der Waals surface area contributed by atoms with Gasteiger partial charge < -0.3 is 9.80 Å². The van der Waals surface area contributed by atoms with Crippen LogP contribution in [0.5, 0.6) is 0 Å².